The van der Waals surface area contributed by atoms with Gasteiger partial charge in [0.1, 0.15) is 17.3 Å². The Bertz CT molecular complexity index is 494. The molecule has 0 saturated heterocycles. The predicted octanol–water partition coefficient (Wildman–Crippen LogP) is 1.65. The van der Waals surface area contributed by atoms with Crippen LogP contribution in [-0.4, -0.2) is 17.9 Å². The number of nitrogens with zero attached hydrogens (tertiary/aromatic N) is 1. The summed E-state index contributed by atoms with van der Waals surface area (Å²) < 4.78 is 5.12. The quantitative estimate of drug-likeness (QED) is 0.839. The van der Waals surface area contributed by atoms with E-state index < -0.39 is 0 Å². The van der Waals surface area contributed by atoms with Gasteiger partial charge in [0.25, 0.3) is 5.91 Å². The van der Waals surface area contributed by atoms with Gasteiger partial charge in [0, 0.05) is 7.05 Å². The van der Waals surface area contributed by atoms with E-state index in [1.807, 2.05) is 0 Å². The molecule has 2 N–H and O–H groups in total. The summed E-state index contributed by atoms with van der Waals surface area (Å²) in [5, 5.41) is 5.61. The van der Waals surface area contributed by atoms with E-state index in [-0.39, 0.29) is 5.91 Å². The normalized spacial score (nSPS) is 9.94. The monoisotopic (exact) mass is 231 g/mol. The Kier molecular flexibility index (Phi) is 3.40. The van der Waals surface area contributed by atoms with Gasteiger partial charge >= 0.3 is 0 Å². The molecule has 1 amide bonds. The highest BCUT2D eigenvalue weighted by molar-refractivity contribution is 5.92. The number of aromatic nitrogens is 1. The molecule has 17 heavy (non-hydrogen) atoms. The number of carbonyl (C=O) groups is 1. The second-order valence-electron chi connectivity index (χ2n) is 3.42. The highest BCUT2D eigenvalue weighted by atomic mass is 16.3. The summed E-state index contributed by atoms with van der Waals surface area (Å²) in [7, 11) is 1.76. The molecule has 0 fully saturated rings. The van der Waals surface area contributed by atoms with E-state index in [0.717, 1.165) is 0 Å². The van der Waals surface area contributed by atoms with Crippen molar-refractivity contribution in [2.75, 3.05) is 12.4 Å². The number of amides is 1. The summed E-state index contributed by atoms with van der Waals surface area (Å²) in [6.45, 7) is 0.358. The zero-order valence-electron chi connectivity index (χ0n) is 9.43. The van der Waals surface area contributed by atoms with E-state index in [0.29, 0.717) is 23.8 Å². The standard InChI is InChI=1S/C12H13N3O2/c1-13-11-6-2-5-10(15-11)12(16)14-8-9-4-3-7-17-9/h2-7H,8H2,1H3,(H,13,15)(H,14,16). The van der Waals surface area contributed by atoms with Crippen LogP contribution in [0.15, 0.2) is 41.0 Å². The smallest absolute Gasteiger partial charge is 0.270 e. The molecule has 0 spiro atoms. The van der Waals surface area contributed by atoms with Crippen LogP contribution in [0.1, 0.15) is 16.2 Å². The SMILES string of the molecule is CNc1cccc(C(=O)NCc2ccco2)n1. The Labute approximate surface area is 98.9 Å². The number of pyridine rings is 1. The fourth-order valence-corrected chi connectivity index (χ4v) is 1.37. The molecule has 0 aliphatic heterocycles. The topological polar surface area (TPSA) is 67.2 Å². The molecule has 2 heterocycles. The molecule has 0 radical (unpaired) electrons. The molecule has 0 aliphatic carbocycles. The number of furan rings is 1. The van der Waals surface area contributed by atoms with Crippen molar-refractivity contribution in [3.05, 3.63) is 48.0 Å². The average molecular weight is 231 g/mol. The van der Waals surface area contributed by atoms with Crippen LogP contribution < -0.4 is 10.6 Å². The van der Waals surface area contributed by atoms with Gasteiger partial charge in [-0.2, -0.15) is 0 Å². The zero-order chi connectivity index (χ0) is 12.1. The lowest BCUT2D eigenvalue weighted by molar-refractivity contribution is 0.0943. The van der Waals surface area contributed by atoms with Crippen molar-refractivity contribution in [2.24, 2.45) is 0 Å². The number of carbonyl (C=O) groups excluding carboxylic acids is 1. The third kappa shape index (κ3) is 2.84. The molecule has 0 atom stereocenters. The third-order valence-corrected chi connectivity index (χ3v) is 2.24. The lowest BCUT2D eigenvalue weighted by Crippen LogP contribution is -2.23. The van der Waals surface area contributed by atoms with Crippen LogP contribution in [0.2, 0.25) is 0 Å². The maximum atomic E-state index is 11.8. The summed E-state index contributed by atoms with van der Waals surface area (Å²) in [6.07, 6.45) is 1.57. The first-order chi connectivity index (χ1) is 8.29. The first-order valence-corrected chi connectivity index (χ1v) is 5.25. The average Bonchev–Trinajstić information content (AvgIpc) is 2.89. The van der Waals surface area contributed by atoms with E-state index in [4.69, 9.17) is 4.42 Å². The molecule has 88 valence electrons. The summed E-state index contributed by atoms with van der Waals surface area (Å²) in [6, 6.07) is 8.82. The van der Waals surface area contributed by atoms with Crippen molar-refractivity contribution in [2.45, 2.75) is 6.54 Å². The van der Waals surface area contributed by atoms with Crippen LogP contribution in [0.4, 0.5) is 5.82 Å². The van der Waals surface area contributed by atoms with Crippen LogP contribution in [0.3, 0.4) is 0 Å². The van der Waals surface area contributed by atoms with Gasteiger partial charge in [-0.15, -0.1) is 0 Å². The Hall–Kier alpha value is -2.30. The van der Waals surface area contributed by atoms with Gasteiger partial charge < -0.3 is 15.1 Å². The molecule has 0 aromatic carbocycles. The molecule has 5 heteroatoms. The van der Waals surface area contributed by atoms with E-state index >= 15 is 0 Å². The van der Waals surface area contributed by atoms with Gasteiger partial charge in [-0.25, -0.2) is 4.98 Å². The molecule has 5 nitrogen and oxygen atoms in total. The first kappa shape index (κ1) is 11.2. The van der Waals surface area contributed by atoms with Crippen molar-refractivity contribution in [3.8, 4) is 0 Å². The zero-order valence-corrected chi connectivity index (χ0v) is 9.43. The molecule has 0 unspecified atom stereocenters. The summed E-state index contributed by atoms with van der Waals surface area (Å²) >= 11 is 0. The molecule has 2 aromatic rings. The lowest BCUT2D eigenvalue weighted by atomic mass is 10.3. The van der Waals surface area contributed by atoms with E-state index in [1.54, 1.807) is 43.6 Å². The van der Waals surface area contributed by atoms with Crippen molar-refractivity contribution >= 4 is 11.7 Å². The van der Waals surface area contributed by atoms with Gasteiger partial charge in [0.2, 0.25) is 0 Å². The van der Waals surface area contributed by atoms with Gasteiger partial charge in [-0.3, -0.25) is 4.79 Å². The number of hydrogen-bond acceptors (Lipinski definition) is 4. The number of rotatable bonds is 4. The van der Waals surface area contributed by atoms with Crippen LogP contribution >= 0.6 is 0 Å². The third-order valence-electron chi connectivity index (χ3n) is 2.24. The van der Waals surface area contributed by atoms with Crippen LogP contribution in [0.25, 0.3) is 0 Å². The first-order valence-electron chi connectivity index (χ1n) is 5.25. The number of anilines is 1. The molecular formula is C12H13N3O2. The second kappa shape index (κ2) is 5.16. The maximum absolute atomic E-state index is 11.8. The summed E-state index contributed by atoms with van der Waals surface area (Å²) in [5.74, 6) is 1.15. The van der Waals surface area contributed by atoms with E-state index in [2.05, 4.69) is 15.6 Å². The fourth-order valence-electron chi connectivity index (χ4n) is 1.37. The minimum absolute atomic E-state index is 0.224. The maximum Gasteiger partial charge on any atom is 0.270 e. The van der Waals surface area contributed by atoms with Crippen LogP contribution in [0.5, 0.6) is 0 Å². The van der Waals surface area contributed by atoms with Crippen molar-refractivity contribution in [3.63, 3.8) is 0 Å². The van der Waals surface area contributed by atoms with Crippen LogP contribution in [0, 0.1) is 0 Å². The molecule has 0 saturated carbocycles. The molecular weight excluding hydrogens is 218 g/mol. The van der Waals surface area contributed by atoms with Gasteiger partial charge in [0.05, 0.1) is 12.8 Å². The minimum atomic E-state index is -0.224. The van der Waals surface area contributed by atoms with Crippen molar-refractivity contribution in [1.82, 2.24) is 10.3 Å². The minimum Gasteiger partial charge on any atom is -0.467 e. The van der Waals surface area contributed by atoms with Gasteiger partial charge in [-0.05, 0) is 24.3 Å². The number of nitrogens with one attached hydrogen (secondary N) is 2. The van der Waals surface area contributed by atoms with Gasteiger partial charge in [0.15, 0.2) is 0 Å². The molecule has 2 aromatic heterocycles. The fraction of sp³-hybridized carbons (Fsp3) is 0.167. The van der Waals surface area contributed by atoms with Crippen molar-refractivity contribution < 1.29 is 9.21 Å². The van der Waals surface area contributed by atoms with E-state index in [9.17, 15) is 4.79 Å². The molecule has 2 rings (SSSR count). The Morgan fingerprint density at radius 1 is 1.35 bits per heavy atom. The highest BCUT2D eigenvalue weighted by Gasteiger charge is 2.07. The van der Waals surface area contributed by atoms with Crippen molar-refractivity contribution in [1.29, 1.82) is 0 Å². The predicted molar refractivity (Wildman–Crippen MR) is 63.7 cm³/mol. The Morgan fingerprint density at radius 2 is 2.24 bits per heavy atom. The lowest BCUT2D eigenvalue weighted by Gasteiger charge is -2.04. The summed E-state index contributed by atoms with van der Waals surface area (Å²) in [5.41, 5.74) is 0.378. The number of hydrogen-bond donors (Lipinski definition) is 2. The molecule has 0 aliphatic rings. The summed E-state index contributed by atoms with van der Waals surface area (Å²) in [4.78, 5) is 15.9. The second-order valence-corrected chi connectivity index (χ2v) is 3.42. The highest BCUT2D eigenvalue weighted by Crippen LogP contribution is 2.04. The van der Waals surface area contributed by atoms with Gasteiger partial charge in [-0.1, -0.05) is 6.07 Å². The van der Waals surface area contributed by atoms with E-state index in [1.165, 1.54) is 0 Å². The van der Waals surface area contributed by atoms with Crippen LogP contribution in [-0.2, 0) is 6.54 Å². The molecule has 0 bridgehead atoms. The largest absolute Gasteiger partial charge is 0.467 e. The Morgan fingerprint density at radius 3 is 2.94 bits per heavy atom. The Balaban J connectivity index is 1.99.